The van der Waals surface area contributed by atoms with Crippen LogP contribution in [-0.4, -0.2) is 62.1 Å². The molecule has 1 aliphatic rings. The van der Waals surface area contributed by atoms with Crippen molar-refractivity contribution in [1.82, 2.24) is 10.2 Å². The van der Waals surface area contributed by atoms with E-state index in [1.165, 1.54) is 6.07 Å². The van der Waals surface area contributed by atoms with E-state index in [2.05, 4.69) is 12.2 Å². The third-order valence-electron chi connectivity index (χ3n) is 4.93. The number of hydrogen-bond donors (Lipinski definition) is 1. The number of rotatable bonds is 10. The molecule has 2 rings (SSSR count). The molecule has 1 aliphatic heterocycles. The molecule has 1 aromatic carbocycles. The SMILES string of the molecule is CCCCCC(C)NC(=O)COCC(=O)N1CCN(c2ccccc2F)CC1. The van der Waals surface area contributed by atoms with E-state index in [0.29, 0.717) is 31.9 Å². The van der Waals surface area contributed by atoms with Gasteiger partial charge in [-0.1, -0.05) is 38.3 Å². The van der Waals surface area contributed by atoms with Crippen molar-refractivity contribution < 1.29 is 18.7 Å². The van der Waals surface area contributed by atoms with Crippen molar-refractivity contribution in [2.24, 2.45) is 0 Å². The van der Waals surface area contributed by atoms with Gasteiger partial charge in [-0.15, -0.1) is 0 Å². The Morgan fingerprint density at radius 2 is 1.86 bits per heavy atom. The molecule has 0 bridgehead atoms. The van der Waals surface area contributed by atoms with Gasteiger partial charge in [0.2, 0.25) is 11.8 Å². The Balaban J connectivity index is 1.64. The standard InChI is InChI=1S/C21H32FN3O3/c1-3-4-5-8-17(2)23-20(26)15-28-16-21(27)25-13-11-24(12-14-25)19-10-7-6-9-18(19)22/h6-7,9-10,17H,3-5,8,11-16H2,1-2H3,(H,23,26). The highest BCUT2D eigenvalue weighted by Crippen LogP contribution is 2.20. The van der Waals surface area contributed by atoms with Crippen molar-refractivity contribution in [2.45, 2.75) is 45.6 Å². The van der Waals surface area contributed by atoms with Gasteiger partial charge in [0.05, 0.1) is 5.69 Å². The molecule has 156 valence electrons. The van der Waals surface area contributed by atoms with E-state index < -0.39 is 0 Å². The summed E-state index contributed by atoms with van der Waals surface area (Å²) >= 11 is 0. The number of nitrogens with one attached hydrogen (secondary N) is 1. The number of nitrogens with zero attached hydrogens (tertiary/aromatic N) is 2. The topological polar surface area (TPSA) is 61.9 Å². The van der Waals surface area contributed by atoms with Crippen LogP contribution in [-0.2, 0) is 14.3 Å². The molecule has 0 aromatic heterocycles. The molecule has 0 aliphatic carbocycles. The maximum absolute atomic E-state index is 13.9. The first-order valence-corrected chi connectivity index (χ1v) is 10.2. The van der Waals surface area contributed by atoms with Gasteiger partial charge < -0.3 is 19.9 Å². The zero-order valence-corrected chi connectivity index (χ0v) is 17.0. The lowest BCUT2D eigenvalue weighted by Gasteiger charge is -2.36. The normalized spacial score (nSPS) is 15.4. The number of benzene rings is 1. The van der Waals surface area contributed by atoms with Gasteiger partial charge in [-0.3, -0.25) is 9.59 Å². The van der Waals surface area contributed by atoms with Gasteiger partial charge >= 0.3 is 0 Å². The first kappa shape index (κ1) is 22.1. The summed E-state index contributed by atoms with van der Waals surface area (Å²) in [5, 5.41) is 2.89. The largest absolute Gasteiger partial charge is 0.366 e. The lowest BCUT2D eigenvalue weighted by atomic mass is 10.1. The number of anilines is 1. The number of unbranched alkanes of at least 4 members (excludes halogenated alkanes) is 2. The summed E-state index contributed by atoms with van der Waals surface area (Å²) in [7, 11) is 0. The van der Waals surface area contributed by atoms with Crippen LogP contribution >= 0.6 is 0 Å². The molecule has 1 N–H and O–H groups in total. The van der Waals surface area contributed by atoms with E-state index >= 15 is 0 Å². The van der Waals surface area contributed by atoms with E-state index in [1.807, 2.05) is 11.8 Å². The highest BCUT2D eigenvalue weighted by atomic mass is 19.1. The fourth-order valence-corrected chi connectivity index (χ4v) is 3.32. The summed E-state index contributed by atoms with van der Waals surface area (Å²) in [4.78, 5) is 27.8. The number of carbonyl (C=O) groups is 2. The van der Waals surface area contributed by atoms with Crippen LogP contribution in [0.25, 0.3) is 0 Å². The van der Waals surface area contributed by atoms with Gasteiger partial charge in [0, 0.05) is 32.2 Å². The van der Waals surface area contributed by atoms with Crippen molar-refractivity contribution in [3.05, 3.63) is 30.1 Å². The molecule has 0 saturated carbocycles. The molecule has 1 unspecified atom stereocenters. The summed E-state index contributed by atoms with van der Waals surface area (Å²) in [6.07, 6.45) is 4.36. The van der Waals surface area contributed by atoms with Crippen LogP contribution in [0.5, 0.6) is 0 Å². The second-order valence-corrected chi connectivity index (χ2v) is 7.28. The average Bonchev–Trinajstić information content (AvgIpc) is 2.68. The van der Waals surface area contributed by atoms with Crippen LogP contribution in [0.2, 0.25) is 0 Å². The first-order chi connectivity index (χ1) is 13.5. The number of para-hydroxylation sites is 1. The zero-order chi connectivity index (χ0) is 20.4. The van der Waals surface area contributed by atoms with Gasteiger partial charge in [0.25, 0.3) is 0 Å². The van der Waals surface area contributed by atoms with E-state index in [-0.39, 0.29) is 36.9 Å². The van der Waals surface area contributed by atoms with Gasteiger partial charge in [-0.05, 0) is 25.5 Å². The number of piperazine rings is 1. The number of amides is 2. The van der Waals surface area contributed by atoms with Crippen LogP contribution in [0.1, 0.15) is 39.5 Å². The van der Waals surface area contributed by atoms with Crippen LogP contribution in [0, 0.1) is 5.82 Å². The molecule has 2 amide bonds. The molecule has 6 nitrogen and oxygen atoms in total. The van der Waals surface area contributed by atoms with Crippen LogP contribution in [0.15, 0.2) is 24.3 Å². The Bertz CT molecular complexity index is 633. The molecule has 0 spiro atoms. The highest BCUT2D eigenvalue weighted by molar-refractivity contribution is 5.80. The molecule has 7 heteroatoms. The summed E-state index contributed by atoms with van der Waals surface area (Å²) in [5.74, 6) is -0.585. The molecule has 1 fully saturated rings. The van der Waals surface area contributed by atoms with Crippen molar-refractivity contribution >= 4 is 17.5 Å². The monoisotopic (exact) mass is 393 g/mol. The number of halogens is 1. The first-order valence-electron chi connectivity index (χ1n) is 10.2. The minimum absolute atomic E-state index is 0.112. The maximum Gasteiger partial charge on any atom is 0.248 e. The summed E-state index contributed by atoms with van der Waals surface area (Å²) in [6.45, 7) is 6.07. The molecular weight excluding hydrogens is 361 g/mol. The molecule has 0 radical (unpaired) electrons. The fraction of sp³-hybridized carbons (Fsp3) is 0.619. The van der Waals surface area contributed by atoms with Gasteiger partial charge in [0.15, 0.2) is 0 Å². The van der Waals surface area contributed by atoms with Gasteiger partial charge in [-0.2, -0.15) is 0 Å². The maximum atomic E-state index is 13.9. The number of carbonyl (C=O) groups excluding carboxylic acids is 2. The van der Waals surface area contributed by atoms with Crippen LogP contribution in [0.3, 0.4) is 0 Å². The Hall–Kier alpha value is -2.15. The minimum atomic E-state index is -0.249. The van der Waals surface area contributed by atoms with Crippen LogP contribution in [0.4, 0.5) is 10.1 Å². The van der Waals surface area contributed by atoms with Crippen LogP contribution < -0.4 is 10.2 Å². The van der Waals surface area contributed by atoms with Crippen molar-refractivity contribution in [3.63, 3.8) is 0 Å². The Morgan fingerprint density at radius 1 is 1.14 bits per heavy atom. The zero-order valence-electron chi connectivity index (χ0n) is 17.0. The quantitative estimate of drug-likeness (QED) is 0.621. The second-order valence-electron chi connectivity index (χ2n) is 7.28. The van der Waals surface area contributed by atoms with Crippen molar-refractivity contribution in [1.29, 1.82) is 0 Å². The van der Waals surface area contributed by atoms with Gasteiger partial charge in [0.1, 0.15) is 19.0 Å². The minimum Gasteiger partial charge on any atom is -0.366 e. The summed E-state index contributed by atoms with van der Waals surface area (Å²) in [5.41, 5.74) is 0.565. The Labute approximate surface area is 167 Å². The van der Waals surface area contributed by atoms with E-state index in [4.69, 9.17) is 4.74 Å². The fourth-order valence-electron chi connectivity index (χ4n) is 3.32. The van der Waals surface area contributed by atoms with Crippen molar-refractivity contribution in [2.75, 3.05) is 44.3 Å². The third-order valence-corrected chi connectivity index (χ3v) is 4.93. The second kappa shape index (κ2) is 11.6. The van der Waals surface area contributed by atoms with Crippen molar-refractivity contribution in [3.8, 4) is 0 Å². The smallest absolute Gasteiger partial charge is 0.248 e. The van der Waals surface area contributed by atoms with Gasteiger partial charge in [-0.25, -0.2) is 4.39 Å². The molecule has 1 atom stereocenters. The highest BCUT2D eigenvalue weighted by Gasteiger charge is 2.22. The van der Waals surface area contributed by atoms with E-state index in [0.717, 1.165) is 25.7 Å². The Morgan fingerprint density at radius 3 is 2.54 bits per heavy atom. The molecule has 1 aromatic rings. The number of ether oxygens (including phenoxy) is 1. The molecular formula is C21H32FN3O3. The average molecular weight is 394 g/mol. The molecule has 1 heterocycles. The third kappa shape index (κ3) is 7.11. The predicted octanol–water partition coefficient (Wildman–Crippen LogP) is 2.58. The number of hydrogen-bond acceptors (Lipinski definition) is 4. The Kier molecular flexibility index (Phi) is 9.20. The predicted molar refractivity (Wildman–Crippen MR) is 108 cm³/mol. The molecule has 28 heavy (non-hydrogen) atoms. The summed E-state index contributed by atoms with van der Waals surface area (Å²) < 4.78 is 19.2. The summed E-state index contributed by atoms with van der Waals surface area (Å²) in [6, 6.07) is 6.77. The van der Waals surface area contributed by atoms with E-state index in [1.54, 1.807) is 23.1 Å². The lowest BCUT2D eigenvalue weighted by Crippen LogP contribution is -2.50. The lowest BCUT2D eigenvalue weighted by molar-refractivity contribution is -0.138. The molecule has 1 saturated heterocycles. The van der Waals surface area contributed by atoms with E-state index in [9.17, 15) is 14.0 Å².